The zero-order chi connectivity index (χ0) is 71.8. The topological polar surface area (TPSA) is 152 Å². The highest BCUT2D eigenvalue weighted by Gasteiger charge is 2.27. The summed E-state index contributed by atoms with van der Waals surface area (Å²) >= 11 is 0. The van der Waals surface area contributed by atoms with Gasteiger partial charge >= 0.3 is 0 Å². The monoisotopic (exact) mass is 1390 g/mol. The number of carbonyl (C=O) groups is 2. The third-order valence-corrected chi connectivity index (χ3v) is 20.4. The lowest BCUT2D eigenvalue weighted by Gasteiger charge is -2.24. The second-order valence-electron chi connectivity index (χ2n) is 27.8. The van der Waals surface area contributed by atoms with Gasteiger partial charge in [-0.25, -0.2) is 9.97 Å². The number of aromatic amines is 2. The number of benzene rings is 10. The van der Waals surface area contributed by atoms with E-state index < -0.39 is 0 Å². The summed E-state index contributed by atoms with van der Waals surface area (Å²) in [5.74, 6) is 2.51. The van der Waals surface area contributed by atoms with Crippen molar-refractivity contribution >= 4 is 91.1 Å². The van der Waals surface area contributed by atoms with E-state index >= 15 is 9.59 Å². The molecule has 7 heterocycles. The molecule has 0 atom stereocenters. The summed E-state index contributed by atoms with van der Waals surface area (Å²) in [6, 6.07) is 75.0. The van der Waals surface area contributed by atoms with E-state index in [-0.39, 0.29) is 11.8 Å². The minimum absolute atomic E-state index is 0.273. The van der Waals surface area contributed by atoms with Crippen molar-refractivity contribution in [1.82, 2.24) is 19.9 Å². The van der Waals surface area contributed by atoms with Crippen LogP contribution in [0.1, 0.15) is 141 Å². The number of para-hydroxylation sites is 2. The molecule has 522 valence electrons. The van der Waals surface area contributed by atoms with Crippen LogP contribution in [-0.2, 0) is 25.7 Å². The smallest absolute Gasteiger partial charge is 0.255 e. The van der Waals surface area contributed by atoms with Crippen LogP contribution in [0.3, 0.4) is 0 Å². The number of ether oxygens (including phenoxy) is 4. The summed E-state index contributed by atoms with van der Waals surface area (Å²) in [6.07, 6.45) is 13.2. The van der Waals surface area contributed by atoms with Gasteiger partial charge < -0.3 is 39.5 Å². The first-order valence-electron chi connectivity index (χ1n) is 37.2. The van der Waals surface area contributed by atoms with Crippen molar-refractivity contribution in [3.8, 4) is 67.5 Å². The third kappa shape index (κ3) is 12.8. The van der Waals surface area contributed by atoms with Crippen molar-refractivity contribution in [2.24, 2.45) is 0 Å². The second kappa shape index (κ2) is 28.9. The molecule has 13 aromatic rings. The molecule has 0 radical (unpaired) electrons. The van der Waals surface area contributed by atoms with Crippen LogP contribution in [0.5, 0.6) is 23.0 Å². The van der Waals surface area contributed by atoms with Gasteiger partial charge in [0.25, 0.3) is 11.8 Å². The molecule has 5 aliphatic rings. The average molecular weight is 1390 g/mol. The maximum atomic E-state index is 15.7. The first-order valence-corrected chi connectivity index (χ1v) is 37.2. The Morgan fingerprint density at radius 1 is 0.311 bits per heavy atom. The highest BCUT2D eigenvalue weighted by atomic mass is 16.5. The molecule has 106 heavy (non-hydrogen) atoms. The van der Waals surface area contributed by atoms with E-state index in [4.69, 9.17) is 28.9 Å². The fourth-order valence-electron chi connectivity index (χ4n) is 15.6. The molecule has 12 nitrogen and oxygen atoms in total. The maximum Gasteiger partial charge on any atom is 0.255 e. The van der Waals surface area contributed by atoms with E-state index in [1.54, 1.807) is 0 Å². The fourth-order valence-corrected chi connectivity index (χ4v) is 15.6. The van der Waals surface area contributed by atoms with Crippen molar-refractivity contribution in [1.29, 1.82) is 0 Å². The highest BCUT2D eigenvalue weighted by Crippen LogP contribution is 2.45. The summed E-state index contributed by atoms with van der Waals surface area (Å²) in [6.45, 7) is 10.4. The van der Waals surface area contributed by atoms with Gasteiger partial charge in [-0.3, -0.25) is 9.59 Å². The van der Waals surface area contributed by atoms with Crippen LogP contribution in [0.25, 0.3) is 112 Å². The highest BCUT2D eigenvalue weighted by molar-refractivity contribution is 6.13. The van der Waals surface area contributed by atoms with Gasteiger partial charge in [-0.1, -0.05) is 173 Å². The van der Waals surface area contributed by atoms with Crippen LogP contribution in [0.2, 0.25) is 0 Å². The van der Waals surface area contributed by atoms with E-state index in [1.807, 2.05) is 48.5 Å². The van der Waals surface area contributed by atoms with Gasteiger partial charge in [0.05, 0.1) is 49.2 Å². The summed E-state index contributed by atoms with van der Waals surface area (Å²) < 4.78 is 27.9. The maximum absolute atomic E-state index is 15.7. The Labute approximate surface area is 616 Å². The summed E-state index contributed by atoms with van der Waals surface area (Å²) in [4.78, 5) is 50.6. The third-order valence-electron chi connectivity index (χ3n) is 20.4. The van der Waals surface area contributed by atoms with E-state index in [0.717, 1.165) is 204 Å². The molecule has 24 bridgehead atoms. The van der Waals surface area contributed by atoms with Crippen LogP contribution >= 0.6 is 0 Å². The summed E-state index contributed by atoms with van der Waals surface area (Å²) in [7, 11) is 0. The van der Waals surface area contributed by atoms with Crippen molar-refractivity contribution in [2.75, 3.05) is 37.1 Å². The molecular formula is C94H80N6O6. The fraction of sp³-hybridized carbons (Fsp3) is 0.170. The van der Waals surface area contributed by atoms with Crippen LogP contribution in [-0.4, -0.2) is 58.2 Å². The normalized spacial score (nSPS) is 13.0. The minimum Gasteiger partial charge on any atom is -0.493 e. The quantitative estimate of drug-likeness (QED) is 0.0840. The van der Waals surface area contributed by atoms with E-state index in [9.17, 15) is 0 Å². The predicted molar refractivity (Wildman–Crippen MR) is 432 cm³/mol. The Morgan fingerprint density at radius 2 is 0.632 bits per heavy atom. The number of rotatable bonds is 14. The van der Waals surface area contributed by atoms with Crippen molar-refractivity contribution in [3.05, 3.63) is 297 Å². The lowest BCUT2D eigenvalue weighted by molar-refractivity contribution is 0.101. The Hall–Kier alpha value is -12.5. The van der Waals surface area contributed by atoms with Crippen LogP contribution in [0.15, 0.2) is 218 Å². The number of H-pyrrole nitrogens is 2. The number of carbonyl (C=O) groups excluding carboxylic acids is 2. The van der Waals surface area contributed by atoms with E-state index in [2.05, 4.69) is 242 Å². The lowest BCUT2D eigenvalue weighted by Crippen LogP contribution is -2.14. The van der Waals surface area contributed by atoms with E-state index in [0.29, 0.717) is 74.6 Å². The number of nitrogens with zero attached hydrogens (tertiary/aromatic N) is 2. The molecule has 3 aromatic heterocycles. The van der Waals surface area contributed by atoms with Gasteiger partial charge in [0.1, 0.15) is 23.0 Å². The Kier molecular flexibility index (Phi) is 18.2. The number of hydrogen-bond acceptors (Lipinski definition) is 8. The molecule has 0 saturated heterocycles. The van der Waals surface area contributed by atoms with Crippen molar-refractivity contribution < 1.29 is 28.5 Å². The number of anilines is 2. The second-order valence-corrected chi connectivity index (χ2v) is 27.8. The minimum atomic E-state index is -0.273. The largest absolute Gasteiger partial charge is 0.493 e. The molecule has 18 rings (SSSR count). The molecular weight excluding hydrogens is 1310 g/mol. The Bertz CT molecular complexity index is 5450. The van der Waals surface area contributed by atoms with E-state index in [1.165, 1.54) is 0 Å². The van der Waals surface area contributed by atoms with Gasteiger partial charge in [0.15, 0.2) is 0 Å². The lowest BCUT2D eigenvalue weighted by atomic mass is 9.90. The van der Waals surface area contributed by atoms with Gasteiger partial charge in [-0.15, -0.1) is 0 Å². The zero-order valence-electron chi connectivity index (χ0n) is 59.9. The van der Waals surface area contributed by atoms with Gasteiger partial charge in [-0.05, 0) is 189 Å². The zero-order valence-corrected chi connectivity index (χ0v) is 59.9. The van der Waals surface area contributed by atoms with Crippen molar-refractivity contribution in [2.45, 2.75) is 79.1 Å². The first kappa shape index (κ1) is 66.7. The van der Waals surface area contributed by atoms with Gasteiger partial charge in [0, 0.05) is 115 Å². The number of nitrogens with one attached hydrogen (secondary N) is 4. The SMILES string of the molecule is CCCOc1c2cccc1Cc1cc3cc(c1OCCC)Cc1cccc(c1OCCC)Cc1cc(cc(c1OCCC)C2)NC(=O)c1ccc2cccc(c2c1)-c1c2nc(c(-c4ccccc4)c4ccc([nH]4)c(c4nc(c(-c5ccccc5)c5ccc1[nH]5)C=C4)-c1cccc4ccc(cc14)C(=O)N3)C=C2. The molecule has 2 amide bonds. The molecule has 0 unspecified atom stereocenters. The van der Waals surface area contributed by atoms with Crippen LogP contribution in [0.4, 0.5) is 11.4 Å². The Balaban J connectivity index is 0.977. The number of amides is 2. The Morgan fingerprint density at radius 3 is 0.981 bits per heavy atom. The van der Waals surface area contributed by atoms with Gasteiger partial charge in [0.2, 0.25) is 0 Å². The van der Waals surface area contributed by atoms with Crippen molar-refractivity contribution in [3.63, 3.8) is 0 Å². The molecule has 4 aliphatic heterocycles. The standard InChI is InChI=1S/C94H80N6O6/c1-5-43-103-89-61-25-15-26-62(89)48-68-52-72-54-70(92(68)106-46-8-4)50-64-28-16-27-63(90(64)104-44-6-2)49-69-53-71(51-67(47-61)91(69)105-45-7-3)95-93(101)65-33-31-57-23-17-29-73(75(57)55-65)87-81-39-35-77(97-81)85(59-19-11-9-12-20-59)79-37-41-83(99-79)88(74-30-18-24-58-32-34-66(56-76(58)74)94(102)96-72)84-42-38-80(100-84)86(60-21-13-10-14-22-60)78-36-40-82(87)98-78/h9-42,51-56,97,100H,5-8,43-50H2,1-4H3,(H,95,101)(H,96,102). The van der Waals surface area contributed by atoms with Crippen LogP contribution < -0.4 is 29.6 Å². The first-order chi connectivity index (χ1) is 52.1. The van der Waals surface area contributed by atoms with Crippen LogP contribution in [0, 0.1) is 0 Å². The molecule has 10 aromatic carbocycles. The number of hydrogen-bond donors (Lipinski definition) is 4. The number of aromatic nitrogens is 4. The molecule has 4 N–H and O–H groups in total. The molecule has 0 spiro atoms. The summed E-state index contributed by atoms with van der Waals surface area (Å²) in [5.41, 5.74) is 23.2. The predicted octanol–water partition coefficient (Wildman–Crippen LogP) is 22.3. The molecule has 1 aliphatic carbocycles. The molecule has 12 heteroatoms. The van der Waals surface area contributed by atoms with Gasteiger partial charge in [-0.2, -0.15) is 0 Å². The summed E-state index contributed by atoms with van der Waals surface area (Å²) in [5, 5.41) is 10.6. The average Bonchev–Trinajstić information content (AvgIpc) is 1.42. The molecule has 0 fully saturated rings. The molecule has 0 saturated carbocycles. The number of fused-ring (bicyclic) bond motifs is 6.